The van der Waals surface area contributed by atoms with Gasteiger partial charge >= 0.3 is 6.18 Å². The van der Waals surface area contributed by atoms with Gasteiger partial charge in [0.2, 0.25) is 12.3 Å². The molecule has 3 rings (SSSR count). The second kappa shape index (κ2) is 11.0. The van der Waals surface area contributed by atoms with Crippen molar-refractivity contribution in [1.29, 1.82) is 0 Å². The third-order valence-corrected chi connectivity index (χ3v) is 5.37. The van der Waals surface area contributed by atoms with Crippen LogP contribution in [0.3, 0.4) is 0 Å². The van der Waals surface area contributed by atoms with Crippen LogP contribution in [0.15, 0.2) is 18.2 Å². The number of carbonyl (C=O) groups excluding carboxylic acids is 2. The Balaban J connectivity index is 0.00000137. The van der Waals surface area contributed by atoms with E-state index in [1.54, 1.807) is 0 Å². The minimum absolute atomic E-state index is 0.0503. The van der Waals surface area contributed by atoms with Gasteiger partial charge in [-0.1, -0.05) is 0 Å². The number of nitrogens with one attached hydrogen (secondary N) is 1. The molecule has 0 bridgehead atoms. The molecule has 0 spiro atoms. The summed E-state index contributed by atoms with van der Waals surface area (Å²) in [6.45, 7) is 0.960. The Labute approximate surface area is 194 Å². The maximum absolute atomic E-state index is 13.7. The molecule has 0 unspecified atom stereocenters. The molecule has 0 atom stereocenters. The summed E-state index contributed by atoms with van der Waals surface area (Å²) in [6.07, 6.45) is -9.81. The number of aryl methyl sites for hydroxylation is 1. The molecule has 1 heterocycles. The molecule has 35 heavy (non-hydrogen) atoms. The molecule has 194 valence electrons. The van der Waals surface area contributed by atoms with Gasteiger partial charge in [0.05, 0.1) is 0 Å². The SMILES string of the molecule is Cc1cc(NC(=O)c2c(C(F)(F)F)c(C(F)F)nn2CC2CCC(F)(F)CC2)ccc1F.NC=O. The molecule has 3 N–H and O–H groups in total. The first-order valence-corrected chi connectivity index (χ1v) is 10.3. The van der Waals surface area contributed by atoms with E-state index in [-0.39, 0.29) is 30.5 Å². The highest BCUT2D eigenvalue weighted by molar-refractivity contribution is 6.04. The van der Waals surface area contributed by atoms with E-state index < -0.39 is 72.5 Å². The fourth-order valence-corrected chi connectivity index (χ4v) is 3.72. The van der Waals surface area contributed by atoms with E-state index in [9.17, 15) is 39.9 Å². The Bertz CT molecular complexity index is 1040. The molecule has 0 aliphatic heterocycles. The zero-order valence-electron chi connectivity index (χ0n) is 18.3. The Kier molecular flexibility index (Phi) is 8.84. The van der Waals surface area contributed by atoms with E-state index in [1.165, 1.54) is 13.0 Å². The number of alkyl halides is 7. The highest BCUT2D eigenvalue weighted by atomic mass is 19.4. The molecule has 1 aliphatic rings. The van der Waals surface area contributed by atoms with Crippen LogP contribution in [0.1, 0.15) is 59.4 Å². The summed E-state index contributed by atoms with van der Waals surface area (Å²) < 4.78 is 108. The quantitative estimate of drug-likeness (QED) is 0.410. The van der Waals surface area contributed by atoms with E-state index in [2.05, 4.69) is 16.1 Å². The van der Waals surface area contributed by atoms with Crippen molar-refractivity contribution in [2.75, 3.05) is 5.32 Å². The fourth-order valence-electron chi connectivity index (χ4n) is 3.72. The number of hydrogen-bond acceptors (Lipinski definition) is 3. The number of rotatable bonds is 5. The number of carbonyl (C=O) groups is 2. The summed E-state index contributed by atoms with van der Waals surface area (Å²) in [5, 5.41) is 5.49. The van der Waals surface area contributed by atoms with Crippen molar-refractivity contribution in [3.8, 4) is 0 Å². The molecule has 1 saturated carbocycles. The zero-order valence-corrected chi connectivity index (χ0v) is 18.3. The zero-order chi connectivity index (χ0) is 26.6. The van der Waals surface area contributed by atoms with Crippen LogP contribution in [0.4, 0.5) is 40.8 Å². The summed E-state index contributed by atoms with van der Waals surface area (Å²) in [6, 6.07) is 3.25. The number of nitrogens with two attached hydrogens (primary N) is 1. The van der Waals surface area contributed by atoms with Gasteiger partial charge in [0.15, 0.2) is 0 Å². The van der Waals surface area contributed by atoms with Gasteiger partial charge in [-0.2, -0.15) is 18.3 Å². The molecule has 14 heteroatoms. The number of halogens is 8. The number of primary amides is 1. The second-order valence-corrected chi connectivity index (χ2v) is 7.94. The Morgan fingerprint density at radius 3 is 2.34 bits per heavy atom. The lowest BCUT2D eigenvalue weighted by molar-refractivity contribution is -0.139. The highest BCUT2D eigenvalue weighted by Crippen LogP contribution is 2.41. The van der Waals surface area contributed by atoms with Gasteiger partial charge in [0.1, 0.15) is 22.8 Å². The number of anilines is 1. The number of nitrogens with zero attached hydrogens (tertiary/aromatic N) is 2. The first kappa shape index (κ1) is 28.1. The Morgan fingerprint density at radius 2 is 1.86 bits per heavy atom. The molecule has 1 aromatic carbocycles. The van der Waals surface area contributed by atoms with Crippen LogP contribution in [-0.4, -0.2) is 28.0 Å². The van der Waals surface area contributed by atoms with Crippen molar-refractivity contribution in [2.24, 2.45) is 11.7 Å². The maximum Gasteiger partial charge on any atom is 0.420 e. The monoisotopic (exact) mass is 514 g/mol. The van der Waals surface area contributed by atoms with Crippen LogP contribution in [0, 0.1) is 18.7 Å². The van der Waals surface area contributed by atoms with E-state index >= 15 is 0 Å². The van der Waals surface area contributed by atoms with Crippen LogP contribution in [-0.2, 0) is 17.5 Å². The molecule has 0 saturated heterocycles. The number of aromatic nitrogens is 2. The molecule has 1 aliphatic carbocycles. The average Bonchev–Trinajstić information content (AvgIpc) is 3.13. The smallest absolute Gasteiger partial charge is 0.372 e. The largest absolute Gasteiger partial charge is 0.420 e. The van der Waals surface area contributed by atoms with Gasteiger partial charge in [-0.3, -0.25) is 14.3 Å². The lowest BCUT2D eigenvalue weighted by Crippen LogP contribution is -2.29. The third kappa shape index (κ3) is 7.15. The van der Waals surface area contributed by atoms with Crippen LogP contribution >= 0.6 is 0 Å². The van der Waals surface area contributed by atoms with Gasteiger partial charge in [-0.15, -0.1) is 0 Å². The van der Waals surface area contributed by atoms with E-state index in [0.717, 1.165) is 12.1 Å². The lowest BCUT2D eigenvalue weighted by Gasteiger charge is -2.28. The highest BCUT2D eigenvalue weighted by Gasteiger charge is 2.45. The number of benzene rings is 1. The van der Waals surface area contributed by atoms with Crippen molar-refractivity contribution >= 4 is 18.0 Å². The van der Waals surface area contributed by atoms with E-state index in [4.69, 9.17) is 4.79 Å². The molecular weight excluding hydrogens is 492 g/mol. The van der Waals surface area contributed by atoms with Crippen LogP contribution in [0.2, 0.25) is 0 Å². The maximum atomic E-state index is 13.7. The van der Waals surface area contributed by atoms with Crippen molar-refractivity contribution < 1.29 is 44.7 Å². The third-order valence-electron chi connectivity index (χ3n) is 5.37. The molecule has 2 amide bonds. The molecular formula is C21H22F8N4O2. The van der Waals surface area contributed by atoms with Gasteiger partial charge in [0.25, 0.3) is 12.3 Å². The van der Waals surface area contributed by atoms with Crippen LogP contribution < -0.4 is 11.1 Å². The van der Waals surface area contributed by atoms with Gasteiger partial charge in [-0.05, 0) is 49.4 Å². The first-order valence-electron chi connectivity index (χ1n) is 10.3. The summed E-state index contributed by atoms with van der Waals surface area (Å²) in [5.41, 5.74) is -0.425. The van der Waals surface area contributed by atoms with E-state index in [1.807, 2.05) is 0 Å². The minimum Gasteiger partial charge on any atom is -0.372 e. The predicted molar refractivity (Wildman–Crippen MR) is 108 cm³/mol. The summed E-state index contributed by atoms with van der Waals surface area (Å²) in [5.74, 6) is -5.45. The Morgan fingerprint density at radius 1 is 1.29 bits per heavy atom. The van der Waals surface area contributed by atoms with E-state index in [0.29, 0.717) is 4.68 Å². The first-order chi connectivity index (χ1) is 16.2. The van der Waals surface area contributed by atoms with Crippen LogP contribution in [0.5, 0.6) is 0 Å². The molecule has 1 aromatic heterocycles. The number of amides is 2. The van der Waals surface area contributed by atoms with Crippen molar-refractivity contribution in [1.82, 2.24) is 9.78 Å². The van der Waals surface area contributed by atoms with Gasteiger partial charge in [0, 0.05) is 25.1 Å². The standard InChI is InChI=1S/C20H19F8N3O.CH3NO/c1-10-8-12(2-3-13(10)21)29-18(32)16-14(20(26,27)28)15(17(22)23)30-31(16)9-11-4-6-19(24,25)7-5-11;2-1-3/h2-3,8,11,17H,4-7,9H2,1H3,(H,29,32);1H,(H2,2,3). The molecule has 6 nitrogen and oxygen atoms in total. The van der Waals surface area contributed by atoms with Gasteiger partial charge in [-0.25, -0.2) is 22.0 Å². The van der Waals surface area contributed by atoms with Gasteiger partial charge < -0.3 is 11.1 Å². The molecule has 1 fully saturated rings. The van der Waals surface area contributed by atoms with Crippen molar-refractivity contribution in [2.45, 2.75) is 57.7 Å². The predicted octanol–water partition coefficient (Wildman–Crippen LogP) is 5.47. The average molecular weight is 514 g/mol. The fraction of sp³-hybridized carbons (Fsp3) is 0.476. The Hall–Kier alpha value is -3.19. The summed E-state index contributed by atoms with van der Waals surface area (Å²) >= 11 is 0. The second-order valence-electron chi connectivity index (χ2n) is 7.94. The number of hydrogen-bond donors (Lipinski definition) is 2. The normalized spacial score (nSPS) is 15.9. The minimum atomic E-state index is -5.32. The van der Waals surface area contributed by atoms with Crippen LogP contribution in [0.25, 0.3) is 0 Å². The summed E-state index contributed by atoms with van der Waals surface area (Å²) in [4.78, 5) is 21.3. The van der Waals surface area contributed by atoms with Crippen molar-refractivity contribution in [3.63, 3.8) is 0 Å². The lowest BCUT2D eigenvalue weighted by atomic mass is 9.87. The molecule has 0 radical (unpaired) electrons. The summed E-state index contributed by atoms with van der Waals surface area (Å²) in [7, 11) is 0. The topological polar surface area (TPSA) is 90.0 Å². The molecule has 2 aromatic rings. The van der Waals surface area contributed by atoms with Crippen molar-refractivity contribution in [3.05, 3.63) is 46.5 Å².